The zero-order valence-corrected chi connectivity index (χ0v) is 16.2. The summed E-state index contributed by atoms with van der Waals surface area (Å²) in [5.74, 6) is -1.36. The van der Waals surface area contributed by atoms with Crippen molar-refractivity contribution in [3.05, 3.63) is 40.3 Å². The SMILES string of the molecule is Cn1c(=O)n(C2CCC(=O)NC2=O)c2ccc(C3=CCC(CC(=O)O)CC3)cc21. The van der Waals surface area contributed by atoms with Crippen molar-refractivity contribution in [3.63, 3.8) is 0 Å². The van der Waals surface area contributed by atoms with Crippen LogP contribution in [0.2, 0.25) is 0 Å². The van der Waals surface area contributed by atoms with Crippen LogP contribution in [0.5, 0.6) is 0 Å². The molecule has 2 unspecified atom stereocenters. The first-order valence-corrected chi connectivity index (χ1v) is 9.81. The van der Waals surface area contributed by atoms with E-state index in [9.17, 15) is 19.2 Å². The highest BCUT2D eigenvalue weighted by atomic mass is 16.4. The number of carboxylic acid groups (broad SMARTS) is 1. The molecule has 1 fully saturated rings. The Labute approximate surface area is 166 Å². The van der Waals surface area contributed by atoms with Crippen molar-refractivity contribution in [1.82, 2.24) is 14.5 Å². The number of hydrogen-bond donors (Lipinski definition) is 2. The van der Waals surface area contributed by atoms with Crippen molar-refractivity contribution < 1.29 is 19.5 Å². The number of allylic oxidation sites excluding steroid dienone is 2. The number of aliphatic carboxylic acids is 1. The summed E-state index contributed by atoms with van der Waals surface area (Å²) in [4.78, 5) is 47.5. The lowest BCUT2D eigenvalue weighted by molar-refractivity contribution is -0.138. The van der Waals surface area contributed by atoms with Gasteiger partial charge in [0.2, 0.25) is 11.8 Å². The van der Waals surface area contributed by atoms with Gasteiger partial charge in [-0.2, -0.15) is 0 Å². The van der Waals surface area contributed by atoms with E-state index in [0.717, 1.165) is 35.9 Å². The molecule has 0 spiro atoms. The van der Waals surface area contributed by atoms with Crippen molar-refractivity contribution in [3.8, 4) is 0 Å². The van der Waals surface area contributed by atoms with Gasteiger partial charge < -0.3 is 5.11 Å². The van der Waals surface area contributed by atoms with E-state index in [0.29, 0.717) is 11.9 Å². The Kier molecular flexibility index (Phi) is 4.86. The number of carbonyl (C=O) groups excluding carboxylic acids is 2. The molecule has 4 rings (SSSR count). The molecule has 2 N–H and O–H groups in total. The number of aromatic nitrogens is 2. The molecule has 1 aromatic heterocycles. The average molecular weight is 397 g/mol. The fourth-order valence-electron chi connectivity index (χ4n) is 4.38. The molecule has 29 heavy (non-hydrogen) atoms. The molecular formula is C21H23N3O5. The summed E-state index contributed by atoms with van der Waals surface area (Å²) in [5, 5.41) is 11.3. The molecule has 2 heterocycles. The van der Waals surface area contributed by atoms with Crippen molar-refractivity contribution in [2.24, 2.45) is 13.0 Å². The number of imidazole rings is 1. The predicted octanol–water partition coefficient (Wildman–Crippen LogP) is 1.98. The summed E-state index contributed by atoms with van der Waals surface area (Å²) in [6.07, 6.45) is 5.15. The first kappa shape index (κ1) is 19.2. The Bertz CT molecular complexity index is 1110. The number of carbonyl (C=O) groups is 3. The third kappa shape index (κ3) is 3.50. The lowest BCUT2D eigenvalue weighted by Gasteiger charge is -2.22. The first-order valence-electron chi connectivity index (χ1n) is 9.81. The van der Waals surface area contributed by atoms with Gasteiger partial charge in [-0.3, -0.25) is 28.8 Å². The summed E-state index contributed by atoms with van der Waals surface area (Å²) >= 11 is 0. The highest BCUT2D eigenvalue weighted by Crippen LogP contribution is 2.33. The number of nitrogens with zero attached hydrogens (tertiary/aromatic N) is 2. The van der Waals surface area contributed by atoms with Gasteiger partial charge in [0.15, 0.2) is 0 Å². The van der Waals surface area contributed by atoms with Crippen LogP contribution in [0.1, 0.15) is 50.1 Å². The van der Waals surface area contributed by atoms with Gasteiger partial charge >= 0.3 is 11.7 Å². The summed E-state index contributed by atoms with van der Waals surface area (Å²) < 4.78 is 3.00. The summed E-state index contributed by atoms with van der Waals surface area (Å²) in [7, 11) is 1.68. The Hall–Kier alpha value is -3.16. The first-order chi connectivity index (χ1) is 13.8. The predicted molar refractivity (Wildman–Crippen MR) is 106 cm³/mol. The highest BCUT2D eigenvalue weighted by Gasteiger charge is 2.31. The number of benzene rings is 1. The van der Waals surface area contributed by atoms with Crippen LogP contribution in [0.15, 0.2) is 29.1 Å². The Morgan fingerprint density at radius 2 is 1.97 bits per heavy atom. The van der Waals surface area contributed by atoms with Gasteiger partial charge in [0.05, 0.1) is 11.0 Å². The van der Waals surface area contributed by atoms with Crippen LogP contribution in [0.25, 0.3) is 16.6 Å². The molecular weight excluding hydrogens is 374 g/mol. The molecule has 2 aromatic rings. The molecule has 1 aliphatic carbocycles. The Morgan fingerprint density at radius 1 is 1.17 bits per heavy atom. The number of carboxylic acids is 1. The zero-order chi connectivity index (χ0) is 20.7. The molecule has 2 aliphatic rings. The van der Waals surface area contributed by atoms with Gasteiger partial charge in [-0.15, -0.1) is 0 Å². The van der Waals surface area contributed by atoms with E-state index in [1.165, 1.54) is 9.13 Å². The largest absolute Gasteiger partial charge is 0.481 e. The maximum atomic E-state index is 12.8. The average Bonchev–Trinajstić information content (AvgIpc) is 2.93. The Morgan fingerprint density at radius 3 is 2.62 bits per heavy atom. The van der Waals surface area contributed by atoms with Crippen molar-refractivity contribution in [2.45, 2.75) is 44.6 Å². The smallest absolute Gasteiger partial charge is 0.329 e. The second-order valence-corrected chi connectivity index (χ2v) is 7.85. The quantitative estimate of drug-likeness (QED) is 0.767. The van der Waals surface area contributed by atoms with Crippen LogP contribution in [0, 0.1) is 5.92 Å². The minimum absolute atomic E-state index is 0.165. The second kappa shape index (κ2) is 7.35. The van der Waals surface area contributed by atoms with Crippen LogP contribution in [-0.4, -0.2) is 32.0 Å². The number of amides is 2. The number of fused-ring (bicyclic) bond motifs is 1. The van der Waals surface area contributed by atoms with E-state index in [-0.39, 0.29) is 30.4 Å². The number of aryl methyl sites for hydroxylation is 1. The molecule has 2 amide bonds. The van der Waals surface area contributed by atoms with E-state index in [2.05, 4.69) is 11.4 Å². The van der Waals surface area contributed by atoms with E-state index in [1.807, 2.05) is 18.2 Å². The Balaban J connectivity index is 1.68. The second-order valence-electron chi connectivity index (χ2n) is 7.85. The van der Waals surface area contributed by atoms with Gasteiger partial charge in [-0.05, 0) is 54.9 Å². The van der Waals surface area contributed by atoms with Crippen LogP contribution < -0.4 is 11.0 Å². The van der Waals surface area contributed by atoms with E-state index >= 15 is 0 Å². The van der Waals surface area contributed by atoms with Gasteiger partial charge in [-0.1, -0.05) is 12.1 Å². The standard InChI is InChI=1S/C21H23N3O5/c1-23-17-11-14(13-4-2-12(3-5-13)10-19(26)27)6-7-15(17)24(21(23)29)16-8-9-18(25)22-20(16)28/h4,6-7,11-12,16H,2-3,5,8-10H2,1H3,(H,26,27)(H,22,25,28). The van der Waals surface area contributed by atoms with Crippen LogP contribution >= 0.6 is 0 Å². The molecule has 2 atom stereocenters. The zero-order valence-electron chi connectivity index (χ0n) is 16.2. The maximum Gasteiger partial charge on any atom is 0.329 e. The minimum atomic E-state index is -0.766. The normalized spacial score (nSPS) is 22.4. The molecule has 0 bridgehead atoms. The van der Waals surface area contributed by atoms with Crippen LogP contribution in [0.3, 0.4) is 0 Å². The van der Waals surface area contributed by atoms with Gasteiger partial charge in [0.25, 0.3) is 0 Å². The highest BCUT2D eigenvalue weighted by molar-refractivity contribution is 6.00. The molecule has 0 radical (unpaired) electrons. The summed E-state index contributed by atoms with van der Waals surface area (Å²) in [5.41, 5.74) is 3.25. The van der Waals surface area contributed by atoms with Crippen molar-refractivity contribution in [2.75, 3.05) is 0 Å². The monoisotopic (exact) mass is 397 g/mol. The van der Waals surface area contributed by atoms with E-state index < -0.39 is 17.9 Å². The summed E-state index contributed by atoms with van der Waals surface area (Å²) in [6.45, 7) is 0. The molecule has 1 saturated heterocycles. The number of piperidine rings is 1. The molecule has 0 saturated carbocycles. The number of hydrogen-bond acceptors (Lipinski definition) is 4. The van der Waals surface area contributed by atoms with Crippen molar-refractivity contribution >= 4 is 34.4 Å². The summed E-state index contributed by atoms with van der Waals surface area (Å²) in [6, 6.07) is 5.04. The number of nitrogens with one attached hydrogen (secondary N) is 1. The molecule has 8 nitrogen and oxygen atoms in total. The third-order valence-electron chi connectivity index (χ3n) is 5.96. The lowest BCUT2D eigenvalue weighted by Crippen LogP contribution is -2.44. The van der Waals surface area contributed by atoms with Gasteiger partial charge in [0.1, 0.15) is 6.04 Å². The third-order valence-corrected chi connectivity index (χ3v) is 5.96. The maximum absolute atomic E-state index is 12.8. The topological polar surface area (TPSA) is 110 Å². The fraction of sp³-hybridized carbons (Fsp3) is 0.429. The van der Waals surface area contributed by atoms with Crippen molar-refractivity contribution in [1.29, 1.82) is 0 Å². The number of rotatable bonds is 4. The molecule has 1 aromatic carbocycles. The molecule has 152 valence electrons. The van der Waals surface area contributed by atoms with E-state index in [4.69, 9.17) is 5.11 Å². The lowest BCUT2D eigenvalue weighted by atomic mass is 9.85. The van der Waals surface area contributed by atoms with Crippen LogP contribution in [-0.2, 0) is 21.4 Å². The van der Waals surface area contributed by atoms with Crippen LogP contribution in [0.4, 0.5) is 0 Å². The molecule has 8 heteroatoms. The minimum Gasteiger partial charge on any atom is -0.481 e. The number of imide groups is 1. The van der Waals surface area contributed by atoms with E-state index in [1.54, 1.807) is 7.05 Å². The van der Waals surface area contributed by atoms with Gasteiger partial charge in [-0.25, -0.2) is 4.79 Å². The molecule has 1 aliphatic heterocycles. The fourth-order valence-corrected chi connectivity index (χ4v) is 4.38. The van der Waals surface area contributed by atoms with Gasteiger partial charge in [0, 0.05) is 19.9 Å².